The van der Waals surface area contributed by atoms with Crippen LogP contribution in [0.5, 0.6) is 0 Å². The van der Waals surface area contributed by atoms with Crippen molar-refractivity contribution in [3.8, 4) is 0 Å². The second-order valence-corrected chi connectivity index (χ2v) is 6.40. The maximum absolute atomic E-state index is 12.9. The molecule has 0 radical (unpaired) electrons. The van der Waals surface area contributed by atoms with Gasteiger partial charge in [-0.2, -0.15) is 0 Å². The van der Waals surface area contributed by atoms with Gasteiger partial charge in [0.2, 0.25) is 5.91 Å². The molecule has 1 unspecified atom stereocenters. The van der Waals surface area contributed by atoms with Gasteiger partial charge in [-0.1, -0.05) is 42.7 Å². The molecule has 0 spiro atoms. The summed E-state index contributed by atoms with van der Waals surface area (Å²) < 4.78 is 0. The Bertz CT molecular complexity index is 478. The normalized spacial score (nSPS) is 18.4. The van der Waals surface area contributed by atoms with Gasteiger partial charge in [-0.15, -0.1) is 0 Å². The van der Waals surface area contributed by atoms with E-state index in [0.29, 0.717) is 0 Å². The summed E-state index contributed by atoms with van der Waals surface area (Å²) in [4.78, 5) is 12.9. The zero-order valence-electron chi connectivity index (χ0n) is 13.2. The standard InChI is InChI=1S/C18H27NO2/c1-14-7-5-9-16(13-14)18(10-3-4-11-18)17(21)19-15(2)8-6-12-20/h5,7,9,13,15,20H,3-4,6,8,10-12H2,1-2H3,(H,19,21). The summed E-state index contributed by atoms with van der Waals surface area (Å²) in [6, 6.07) is 8.49. The highest BCUT2D eigenvalue weighted by Crippen LogP contribution is 2.41. The molecule has 1 aliphatic rings. The van der Waals surface area contributed by atoms with Crippen molar-refractivity contribution < 1.29 is 9.90 Å². The molecule has 0 saturated heterocycles. The van der Waals surface area contributed by atoms with E-state index in [1.54, 1.807) is 0 Å². The van der Waals surface area contributed by atoms with Crippen LogP contribution in [0.2, 0.25) is 0 Å². The maximum Gasteiger partial charge on any atom is 0.230 e. The van der Waals surface area contributed by atoms with Crippen molar-refractivity contribution in [1.82, 2.24) is 5.32 Å². The number of aryl methyl sites for hydroxylation is 1. The lowest BCUT2D eigenvalue weighted by molar-refractivity contribution is -0.127. The highest BCUT2D eigenvalue weighted by atomic mass is 16.3. The highest BCUT2D eigenvalue weighted by Gasteiger charge is 2.42. The van der Waals surface area contributed by atoms with Gasteiger partial charge in [0.15, 0.2) is 0 Å². The first-order valence-corrected chi connectivity index (χ1v) is 8.07. The van der Waals surface area contributed by atoms with Crippen LogP contribution in [0.3, 0.4) is 0 Å². The van der Waals surface area contributed by atoms with E-state index in [4.69, 9.17) is 5.11 Å². The molecule has 2 N–H and O–H groups in total. The summed E-state index contributed by atoms with van der Waals surface area (Å²) in [6.45, 7) is 4.28. The Morgan fingerprint density at radius 1 is 1.38 bits per heavy atom. The van der Waals surface area contributed by atoms with E-state index in [0.717, 1.165) is 44.1 Å². The van der Waals surface area contributed by atoms with Crippen molar-refractivity contribution in [3.63, 3.8) is 0 Å². The third kappa shape index (κ3) is 3.65. The van der Waals surface area contributed by atoms with Gasteiger partial charge < -0.3 is 10.4 Å². The van der Waals surface area contributed by atoms with Gasteiger partial charge in [-0.05, 0) is 45.1 Å². The van der Waals surface area contributed by atoms with Gasteiger partial charge in [0.25, 0.3) is 0 Å². The van der Waals surface area contributed by atoms with Crippen LogP contribution in [0.1, 0.15) is 56.6 Å². The van der Waals surface area contributed by atoms with E-state index < -0.39 is 0 Å². The van der Waals surface area contributed by atoms with Crippen molar-refractivity contribution in [2.75, 3.05) is 6.61 Å². The number of nitrogens with one attached hydrogen (secondary N) is 1. The molecular formula is C18H27NO2. The van der Waals surface area contributed by atoms with E-state index in [1.165, 1.54) is 5.56 Å². The summed E-state index contributed by atoms with van der Waals surface area (Å²) in [5, 5.41) is 12.1. The van der Waals surface area contributed by atoms with Crippen molar-refractivity contribution in [3.05, 3.63) is 35.4 Å². The summed E-state index contributed by atoms with van der Waals surface area (Å²) in [6.07, 6.45) is 5.67. The number of amides is 1. The van der Waals surface area contributed by atoms with Crippen molar-refractivity contribution >= 4 is 5.91 Å². The molecule has 0 aliphatic heterocycles. The van der Waals surface area contributed by atoms with Gasteiger partial charge in [0.1, 0.15) is 0 Å². The van der Waals surface area contributed by atoms with Crippen LogP contribution < -0.4 is 5.32 Å². The lowest BCUT2D eigenvalue weighted by atomic mass is 9.77. The van der Waals surface area contributed by atoms with E-state index in [1.807, 2.05) is 13.0 Å². The predicted molar refractivity (Wildman–Crippen MR) is 85.2 cm³/mol. The molecule has 1 saturated carbocycles. The van der Waals surface area contributed by atoms with E-state index >= 15 is 0 Å². The van der Waals surface area contributed by atoms with Gasteiger partial charge in [0.05, 0.1) is 5.41 Å². The number of rotatable bonds is 6. The minimum Gasteiger partial charge on any atom is -0.396 e. The Balaban J connectivity index is 2.16. The largest absolute Gasteiger partial charge is 0.396 e. The second kappa shape index (κ2) is 7.08. The highest BCUT2D eigenvalue weighted by molar-refractivity contribution is 5.88. The van der Waals surface area contributed by atoms with Crippen LogP contribution >= 0.6 is 0 Å². The Labute approximate surface area is 127 Å². The predicted octanol–water partition coefficient (Wildman–Crippen LogP) is 3.08. The summed E-state index contributed by atoms with van der Waals surface area (Å²) in [7, 11) is 0. The van der Waals surface area contributed by atoms with Gasteiger partial charge in [-0.25, -0.2) is 0 Å². The number of carbonyl (C=O) groups excluding carboxylic acids is 1. The van der Waals surface area contributed by atoms with Crippen molar-refractivity contribution in [2.45, 2.75) is 63.8 Å². The number of hydrogen-bond donors (Lipinski definition) is 2. The lowest BCUT2D eigenvalue weighted by Gasteiger charge is -2.30. The fourth-order valence-electron chi connectivity index (χ4n) is 3.40. The monoisotopic (exact) mass is 289 g/mol. The Morgan fingerprint density at radius 3 is 2.71 bits per heavy atom. The Kier molecular flexibility index (Phi) is 5.40. The van der Waals surface area contributed by atoms with Crippen molar-refractivity contribution in [1.29, 1.82) is 0 Å². The summed E-state index contributed by atoms with van der Waals surface area (Å²) in [5.41, 5.74) is 2.02. The zero-order chi connectivity index (χ0) is 15.3. The molecule has 1 aliphatic carbocycles. The average molecular weight is 289 g/mol. The molecule has 0 aromatic heterocycles. The smallest absolute Gasteiger partial charge is 0.230 e. The molecule has 21 heavy (non-hydrogen) atoms. The van der Waals surface area contributed by atoms with Crippen LogP contribution in [0.15, 0.2) is 24.3 Å². The second-order valence-electron chi connectivity index (χ2n) is 6.40. The zero-order valence-corrected chi connectivity index (χ0v) is 13.2. The molecule has 1 atom stereocenters. The summed E-state index contributed by atoms with van der Waals surface area (Å²) in [5.74, 6) is 0.163. The number of aliphatic hydroxyl groups is 1. The number of benzene rings is 1. The molecule has 1 aromatic rings. The maximum atomic E-state index is 12.9. The summed E-state index contributed by atoms with van der Waals surface area (Å²) >= 11 is 0. The van der Waals surface area contributed by atoms with Gasteiger partial charge in [0, 0.05) is 12.6 Å². The molecule has 0 heterocycles. The number of aliphatic hydroxyl groups excluding tert-OH is 1. The van der Waals surface area contributed by atoms with Gasteiger partial charge >= 0.3 is 0 Å². The third-order valence-electron chi connectivity index (χ3n) is 4.64. The molecule has 1 amide bonds. The molecule has 2 rings (SSSR count). The van der Waals surface area contributed by atoms with Crippen LogP contribution in [0, 0.1) is 6.92 Å². The first-order valence-electron chi connectivity index (χ1n) is 8.07. The fraction of sp³-hybridized carbons (Fsp3) is 0.611. The van der Waals surface area contributed by atoms with E-state index in [9.17, 15) is 4.79 Å². The number of hydrogen-bond acceptors (Lipinski definition) is 2. The van der Waals surface area contributed by atoms with E-state index in [2.05, 4.69) is 30.4 Å². The molecule has 0 bridgehead atoms. The lowest BCUT2D eigenvalue weighted by Crippen LogP contribution is -2.46. The molecule has 3 heteroatoms. The average Bonchev–Trinajstić information content (AvgIpc) is 2.96. The van der Waals surface area contributed by atoms with Gasteiger partial charge in [-0.3, -0.25) is 4.79 Å². The van der Waals surface area contributed by atoms with Crippen LogP contribution in [-0.4, -0.2) is 23.7 Å². The minimum atomic E-state index is -0.348. The molecule has 3 nitrogen and oxygen atoms in total. The molecule has 116 valence electrons. The first kappa shape index (κ1) is 16.0. The minimum absolute atomic E-state index is 0.118. The third-order valence-corrected chi connectivity index (χ3v) is 4.64. The molecular weight excluding hydrogens is 262 g/mol. The topological polar surface area (TPSA) is 49.3 Å². The fourth-order valence-corrected chi connectivity index (χ4v) is 3.40. The van der Waals surface area contributed by atoms with Crippen LogP contribution in [-0.2, 0) is 10.2 Å². The van der Waals surface area contributed by atoms with Crippen LogP contribution in [0.25, 0.3) is 0 Å². The first-order chi connectivity index (χ1) is 10.1. The SMILES string of the molecule is Cc1cccc(C2(C(=O)NC(C)CCCO)CCCC2)c1. The number of carbonyl (C=O) groups is 1. The Hall–Kier alpha value is -1.35. The van der Waals surface area contributed by atoms with Crippen LogP contribution in [0.4, 0.5) is 0 Å². The van der Waals surface area contributed by atoms with Crippen molar-refractivity contribution in [2.24, 2.45) is 0 Å². The molecule has 1 aromatic carbocycles. The Morgan fingerprint density at radius 2 is 2.10 bits per heavy atom. The molecule has 1 fully saturated rings. The quantitative estimate of drug-likeness (QED) is 0.845. The van der Waals surface area contributed by atoms with E-state index in [-0.39, 0.29) is 24.0 Å².